The summed E-state index contributed by atoms with van der Waals surface area (Å²) >= 11 is 0. The Labute approximate surface area is 170 Å². The van der Waals surface area contributed by atoms with E-state index in [1.54, 1.807) is 7.05 Å². The summed E-state index contributed by atoms with van der Waals surface area (Å²) in [5, 5.41) is 12.1. The lowest BCUT2D eigenvalue weighted by atomic mass is 9.93. The maximum absolute atomic E-state index is 12.0. The van der Waals surface area contributed by atoms with Crippen molar-refractivity contribution in [2.45, 2.75) is 79.4 Å². The zero-order valence-corrected chi connectivity index (χ0v) is 19.0. The van der Waals surface area contributed by atoms with Gasteiger partial charge in [0.2, 0.25) is 5.91 Å². The highest BCUT2D eigenvalue weighted by Gasteiger charge is 2.26. The van der Waals surface area contributed by atoms with Crippen molar-refractivity contribution >= 4 is 18.0 Å². The number of rotatable bonds is 10. The molecule has 0 aliphatic rings. The van der Waals surface area contributed by atoms with Crippen LogP contribution in [-0.2, 0) is 9.53 Å². The fraction of sp³-hybridized carbons (Fsp3) is 0.850. The Morgan fingerprint density at radius 2 is 1.71 bits per heavy atom. The maximum atomic E-state index is 12.0. The molecule has 8 nitrogen and oxygen atoms in total. The minimum atomic E-state index is -0.606. The molecule has 0 aromatic heterocycles. The van der Waals surface area contributed by atoms with Gasteiger partial charge in [0.1, 0.15) is 5.60 Å². The molecule has 0 saturated carbocycles. The minimum absolute atomic E-state index is 0.00776. The van der Waals surface area contributed by atoms with Gasteiger partial charge >= 0.3 is 6.09 Å². The molecule has 0 heterocycles. The van der Waals surface area contributed by atoms with Crippen LogP contribution in [0.1, 0.15) is 67.7 Å². The summed E-state index contributed by atoms with van der Waals surface area (Å²) in [5.41, 5.74) is -1.14. The molecular weight excluding hydrogens is 358 g/mol. The second kappa shape index (κ2) is 12.5. The lowest BCUT2D eigenvalue weighted by Gasteiger charge is -2.25. The van der Waals surface area contributed by atoms with E-state index in [1.807, 2.05) is 41.5 Å². The van der Waals surface area contributed by atoms with Crippen LogP contribution in [0.5, 0.6) is 0 Å². The predicted molar refractivity (Wildman–Crippen MR) is 115 cm³/mol. The monoisotopic (exact) mass is 399 g/mol. The van der Waals surface area contributed by atoms with Gasteiger partial charge < -0.3 is 26.0 Å². The molecular formula is C20H41N5O3. The number of nitrogens with one attached hydrogen (secondary N) is 4. The summed E-state index contributed by atoms with van der Waals surface area (Å²) in [6.07, 6.45) is 2.53. The number of nitrogens with zero attached hydrogens (tertiary/aromatic N) is 1. The van der Waals surface area contributed by atoms with E-state index in [2.05, 4.69) is 33.2 Å². The van der Waals surface area contributed by atoms with Gasteiger partial charge in [-0.25, -0.2) is 4.79 Å². The number of aliphatic imine (C=N–C) groups is 1. The molecule has 0 bridgehead atoms. The van der Waals surface area contributed by atoms with Crippen LogP contribution in [0, 0.1) is 5.41 Å². The van der Waals surface area contributed by atoms with Gasteiger partial charge in [0, 0.05) is 26.2 Å². The van der Waals surface area contributed by atoms with Crippen LogP contribution in [0.3, 0.4) is 0 Å². The van der Waals surface area contributed by atoms with E-state index in [1.165, 1.54) is 0 Å². The topological polar surface area (TPSA) is 104 Å². The first-order valence-corrected chi connectivity index (χ1v) is 10.2. The number of guanidine groups is 1. The van der Waals surface area contributed by atoms with E-state index < -0.39 is 17.1 Å². The number of carbonyl (C=O) groups excluding carboxylic acids is 2. The fourth-order valence-corrected chi connectivity index (χ4v) is 2.40. The summed E-state index contributed by atoms with van der Waals surface area (Å²) in [6, 6.07) is 0.00776. The van der Waals surface area contributed by atoms with E-state index in [9.17, 15) is 9.59 Å². The van der Waals surface area contributed by atoms with Crippen molar-refractivity contribution in [2.75, 3.05) is 26.7 Å². The number of hydrogen-bond acceptors (Lipinski definition) is 4. The van der Waals surface area contributed by atoms with Gasteiger partial charge in [-0.15, -0.1) is 0 Å². The van der Waals surface area contributed by atoms with Gasteiger partial charge in [0.05, 0.1) is 12.0 Å². The molecule has 0 radical (unpaired) electrons. The third-order valence-corrected chi connectivity index (χ3v) is 3.96. The van der Waals surface area contributed by atoms with Crippen LogP contribution in [0.25, 0.3) is 0 Å². The van der Waals surface area contributed by atoms with Crippen molar-refractivity contribution in [3.63, 3.8) is 0 Å². The number of alkyl carbamates (subject to hydrolysis) is 1. The quantitative estimate of drug-likeness (QED) is 0.334. The van der Waals surface area contributed by atoms with Crippen molar-refractivity contribution < 1.29 is 14.3 Å². The predicted octanol–water partition coefficient (Wildman–Crippen LogP) is 2.40. The molecule has 0 aromatic rings. The molecule has 0 aliphatic carbocycles. The Kier molecular flexibility index (Phi) is 11.6. The highest BCUT2D eigenvalue weighted by atomic mass is 16.6. The SMILES string of the molecule is CCCCC(CNC(=O)OC(C)(C)C)NC(=NCC(C)(C)C(=O)NC)NCC. The molecule has 8 heteroatoms. The Hall–Kier alpha value is -1.99. The van der Waals surface area contributed by atoms with E-state index in [0.717, 1.165) is 19.3 Å². The third-order valence-electron chi connectivity index (χ3n) is 3.96. The summed E-state index contributed by atoms with van der Waals surface area (Å²) in [7, 11) is 1.63. The first-order valence-electron chi connectivity index (χ1n) is 10.2. The van der Waals surface area contributed by atoms with Gasteiger partial charge in [0.25, 0.3) is 0 Å². The summed E-state index contributed by atoms with van der Waals surface area (Å²) in [4.78, 5) is 28.5. The van der Waals surface area contributed by atoms with Gasteiger partial charge in [0.15, 0.2) is 5.96 Å². The normalized spacial score (nSPS) is 13.5. The van der Waals surface area contributed by atoms with Crippen molar-refractivity contribution in [1.29, 1.82) is 0 Å². The minimum Gasteiger partial charge on any atom is -0.444 e. The molecule has 2 amide bonds. The van der Waals surface area contributed by atoms with Crippen molar-refractivity contribution in [1.82, 2.24) is 21.3 Å². The maximum Gasteiger partial charge on any atom is 0.407 e. The molecule has 0 rings (SSSR count). The van der Waals surface area contributed by atoms with Crippen LogP contribution < -0.4 is 21.3 Å². The summed E-state index contributed by atoms with van der Waals surface area (Å²) < 4.78 is 5.31. The van der Waals surface area contributed by atoms with E-state index in [-0.39, 0.29) is 11.9 Å². The highest BCUT2D eigenvalue weighted by molar-refractivity contribution is 5.83. The second-order valence-corrected chi connectivity index (χ2v) is 8.52. The zero-order valence-electron chi connectivity index (χ0n) is 19.0. The molecule has 0 aromatic carbocycles. The second-order valence-electron chi connectivity index (χ2n) is 8.52. The average molecular weight is 400 g/mol. The molecule has 0 saturated heterocycles. The van der Waals surface area contributed by atoms with Crippen molar-refractivity contribution in [3.05, 3.63) is 0 Å². The smallest absolute Gasteiger partial charge is 0.407 e. The Bertz CT molecular complexity index is 512. The van der Waals surface area contributed by atoms with E-state index in [4.69, 9.17) is 4.74 Å². The highest BCUT2D eigenvalue weighted by Crippen LogP contribution is 2.15. The van der Waals surface area contributed by atoms with Gasteiger partial charge in [-0.2, -0.15) is 0 Å². The average Bonchev–Trinajstić information content (AvgIpc) is 2.59. The van der Waals surface area contributed by atoms with Crippen molar-refractivity contribution in [3.8, 4) is 0 Å². The third kappa shape index (κ3) is 11.7. The number of amides is 2. The van der Waals surface area contributed by atoms with Crippen LogP contribution in [0.15, 0.2) is 4.99 Å². The van der Waals surface area contributed by atoms with Crippen molar-refractivity contribution in [2.24, 2.45) is 10.4 Å². The molecule has 1 atom stereocenters. The molecule has 0 aliphatic heterocycles. The van der Waals surface area contributed by atoms with Crippen LogP contribution in [-0.4, -0.2) is 56.3 Å². The van der Waals surface area contributed by atoms with E-state index in [0.29, 0.717) is 25.6 Å². The molecule has 1 unspecified atom stereocenters. The van der Waals surface area contributed by atoms with Crippen LogP contribution >= 0.6 is 0 Å². The zero-order chi connectivity index (χ0) is 21.8. The molecule has 0 fully saturated rings. The number of unbranched alkanes of at least 4 members (excludes halogenated alkanes) is 1. The number of ether oxygens (including phenoxy) is 1. The lowest BCUT2D eigenvalue weighted by Crippen LogP contribution is -2.49. The number of carbonyl (C=O) groups is 2. The Morgan fingerprint density at radius 1 is 1.07 bits per heavy atom. The summed E-state index contributed by atoms with van der Waals surface area (Å²) in [5.74, 6) is 0.577. The van der Waals surface area contributed by atoms with Crippen LogP contribution in [0.4, 0.5) is 4.79 Å². The largest absolute Gasteiger partial charge is 0.444 e. The fourth-order valence-electron chi connectivity index (χ4n) is 2.40. The summed E-state index contributed by atoms with van der Waals surface area (Å²) in [6.45, 7) is 14.8. The van der Waals surface area contributed by atoms with Gasteiger partial charge in [-0.05, 0) is 48.0 Å². The molecule has 0 spiro atoms. The molecule has 4 N–H and O–H groups in total. The Balaban J connectivity index is 5.02. The Morgan fingerprint density at radius 3 is 2.21 bits per heavy atom. The van der Waals surface area contributed by atoms with Gasteiger partial charge in [-0.1, -0.05) is 19.8 Å². The molecule has 164 valence electrons. The van der Waals surface area contributed by atoms with Gasteiger partial charge in [-0.3, -0.25) is 9.79 Å². The molecule has 28 heavy (non-hydrogen) atoms. The number of hydrogen-bond donors (Lipinski definition) is 4. The standard InChI is InChI=1S/C20H41N5O3/c1-9-11-12-15(13-23-18(27)28-19(3,4)5)25-17(22-10-2)24-14-20(6,7)16(26)21-8/h15H,9-14H2,1-8H3,(H,21,26)(H,23,27)(H2,22,24,25). The first kappa shape index (κ1) is 26.0. The van der Waals surface area contributed by atoms with Crippen LogP contribution in [0.2, 0.25) is 0 Å². The lowest BCUT2D eigenvalue weighted by molar-refractivity contribution is -0.128. The first-order chi connectivity index (χ1) is 12.9. The van der Waals surface area contributed by atoms with E-state index >= 15 is 0 Å².